The summed E-state index contributed by atoms with van der Waals surface area (Å²) < 4.78 is 35.9. The van der Waals surface area contributed by atoms with Gasteiger partial charge in [-0.05, 0) is 24.0 Å². The third-order valence-corrected chi connectivity index (χ3v) is 3.73. The summed E-state index contributed by atoms with van der Waals surface area (Å²) in [6, 6.07) is 7.57. The van der Waals surface area contributed by atoms with Crippen LogP contribution in [-0.4, -0.2) is 41.8 Å². The standard InChI is InChI=1S/C15H17F3N2O3/c16-15(17,18)9-20-13(22)12(21)19-8-14(23)6-5-10-3-1-2-4-11(10)7-14/h1-4,23H,5-9H2,(H,19,21)(H,20,22)/t14-/m0/s1. The quantitative estimate of drug-likeness (QED) is 0.714. The number of benzene rings is 1. The molecule has 1 aliphatic rings. The number of hydrogen-bond donors (Lipinski definition) is 3. The van der Waals surface area contributed by atoms with E-state index in [4.69, 9.17) is 0 Å². The van der Waals surface area contributed by atoms with Crippen molar-refractivity contribution in [1.82, 2.24) is 10.6 Å². The highest BCUT2D eigenvalue weighted by atomic mass is 19.4. The molecule has 2 amide bonds. The Kier molecular flexibility index (Phi) is 4.93. The topological polar surface area (TPSA) is 78.4 Å². The van der Waals surface area contributed by atoms with Crippen LogP contribution >= 0.6 is 0 Å². The second-order valence-corrected chi connectivity index (χ2v) is 5.65. The van der Waals surface area contributed by atoms with Crippen LogP contribution in [0.2, 0.25) is 0 Å². The summed E-state index contributed by atoms with van der Waals surface area (Å²) in [5.41, 5.74) is 0.859. The molecule has 2 rings (SSSR count). The molecule has 0 radical (unpaired) electrons. The van der Waals surface area contributed by atoms with Gasteiger partial charge in [0, 0.05) is 13.0 Å². The van der Waals surface area contributed by atoms with Crippen LogP contribution in [0.4, 0.5) is 13.2 Å². The lowest BCUT2D eigenvalue weighted by atomic mass is 9.80. The lowest BCUT2D eigenvalue weighted by molar-refractivity contribution is -0.146. The zero-order valence-corrected chi connectivity index (χ0v) is 12.2. The number of aliphatic hydroxyl groups is 1. The molecule has 0 heterocycles. The van der Waals surface area contributed by atoms with Gasteiger partial charge in [0.25, 0.3) is 0 Å². The normalized spacial score (nSPS) is 20.5. The highest BCUT2D eigenvalue weighted by molar-refractivity contribution is 6.35. The average Bonchev–Trinajstić information content (AvgIpc) is 2.49. The monoisotopic (exact) mass is 330 g/mol. The second kappa shape index (κ2) is 6.57. The van der Waals surface area contributed by atoms with E-state index in [0.717, 1.165) is 11.1 Å². The molecular formula is C15H17F3N2O3. The Balaban J connectivity index is 1.86. The predicted molar refractivity (Wildman–Crippen MR) is 75.5 cm³/mol. The Morgan fingerprint density at radius 3 is 2.39 bits per heavy atom. The maximum atomic E-state index is 12.0. The summed E-state index contributed by atoms with van der Waals surface area (Å²) in [5, 5.41) is 14.2. The van der Waals surface area contributed by atoms with Gasteiger partial charge in [-0.2, -0.15) is 13.2 Å². The van der Waals surface area contributed by atoms with Gasteiger partial charge < -0.3 is 15.7 Å². The fraction of sp³-hybridized carbons (Fsp3) is 0.467. The van der Waals surface area contributed by atoms with Crippen molar-refractivity contribution < 1.29 is 27.9 Å². The molecule has 0 saturated carbocycles. The number of aryl methyl sites for hydroxylation is 1. The Morgan fingerprint density at radius 1 is 1.13 bits per heavy atom. The molecule has 5 nitrogen and oxygen atoms in total. The van der Waals surface area contributed by atoms with E-state index >= 15 is 0 Å². The molecule has 0 aliphatic heterocycles. The number of hydrogen-bond acceptors (Lipinski definition) is 3. The zero-order valence-electron chi connectivity index (χ0n) is 12.2. The SMILES string of the molecule is O=C(NCC(F)(F)F)C(=O)NC[C@]1(O)CCc2ccccc2C1. The summed E-state index contributed by atoms with van der Waals surface area (Å²) in [6.45, 7) is -1.77. The Bertz CT molecular complexity index is 604. The van der Waals surface area contributed by atoms with E-state index in [0.29, 0.717) is 19.3 Å². The number of amides is 2. The molecule has 1 aromatic rings. The van der Waals surface area contributed by atoms with Gasteiger partial charge in [-0.25, -0.2) is 0 Å². The van der Waals surface area contributed by atoms with E-state index < -0.39 is 30.1 Å². The zero-order chi connectivity index (χ0) is 17.1. The molecule has 1 aliphatic carbocycles. The summed E-state index contributed by atoms with van der Waals surface area (Å²) >= 11 is 0. The largest absolute Gasteiger partial charge is 0.405 e. The van der Waals surface area contributed by atoms with Crippen LogP contribution in [-0.2, 0) is 22.4 Å². The summed E-state index contributed by atoms with van der Waals surface area (Å²) in [5.74, 6) is -2.57. The van der Waals surface area contributed by atoms with Gasteiger partial charge >= 0.3 is 18.0 Å². The fourth-order valence-corrected chi connectivity index (χ4v) is 2.52. The number of halogens is 3. The van der Waals surface area contributed by atoms with E-state index in [2.05, 4.69) is 5.32 Å². The van der Waals surface area contributed by atoms with Crippen LogP contribution < -0.4 is 10.6 Å². The average molecular weight is 330 g/mol. The second-order valence-electron chi connectivity index (χ2n) is 5.65. The molecule has 0 fully saturated rings. The fourth-order valence-electron chi connectivity index (χ4n) is 2.52. The minimum Gasteiger partial charge on any atom is -0.388 e. The first-order valence-electron chi connectivity index (χ1n) is 7.10. The maximum Gasteiger partial charge on any atom is 0.405 e. The molecule has 1 aromatic carbocycles. The first kappa shape index (κ1) is 17.3. The van der Waals surface area contributed by atoms with Crippen molar-refractivity contribution in [3.05, 3.63) is 35.4 Å². The number of fused-ring (bicyclic) bond motifs is 1. The van der Waals surface area contributed by atoms with Gasteiger partial charge in [0.1, 0.15) is 6.54 Å². The molecule has 0 aromatic heterocycles. The molecule has 0 bridgehead atoms. The van der Waals surface area contributed by atoms with Gasteiger partial charge in [-0.3, -0.25) is 9.59 Å². The maximum absolute atomic E-state index is 12.0. The van der Waals surface area contributed by atoms with Crippen LogP contribution in [0.3, 0.4) is 0 Å². The van der Waals surface area contributed by atoms with Crippen molar-refractivity contribution in [3.63, 3.8) is 0 Å². The van der Waals surface area contributed by atoms with Crippen LogP contribution in [0.15, 0.2) is 24.3 Å². The predicted octanol–water partition coefficient (Wildman–Crippen LogP) is 0.701. The van der Waals surface area contributed by atoms with E-state index in [1.807, 2.05) is 24.3 Å². The number of carbonyl (C=O) groups excluding carboxylic acids is 2. The lowest BCUT2D eigenvalue weighted by Gasteiger charge is -2.33. The smallest absolute Gasteiger partial charge is 0.388 e. The van der Waals surface area contributed by atoms with E-state index in [9.17, 15) is 27.9 Å². The van der Waals surface area contributed by atoms with E-state index in [1.165, 1.54) is 5.32 Å². The first-order chi connectivity index (χ1) is 10.7. The molecule has 0 spiro atoms. The molecule has 8 heteroatoms. The molecule has 126 valence electrons. The van der Waals surface area contributed by atoms with Crippen LogP contribution in [0.25, 0.3) is 0 Å². The van der Waals surface area contributed by atoms with Crippen molar-refractivity contribution in [2.45, 2.75) is 31.0 Å². The summed E-state index contributed by atoms with van der Waals surface area (Å²) in [6.07, 6.45) is -3.24. The van der Waals surface area contributed by atoms with Crippen LogP contribution in [0.5, 0.6) is 0 Å². The minimum atomic E-state index is -4.58. The first-order valence-corrected chi connectivity index (χ1v) is 7.10. The minimum absolute atomic E-state index is 0.195. The third-order valence-electron chi connectivity index (χ3n) is 3.73. The Labute approximate surface area is 130 Å². The van der Waals surface area contributed by atoms with Crippen molar-refractivity contribution in [1.29, 1.82) is 0 Å². The Hall–Kier alpha value is -2.09. The molecular weight excluding hydrogens is 313 g/mol. The van der Waals surface area contributed by atoms with E-state index in [1.54, 1.807) is 0 Å². The van der Waals surface area contributed by atoms with Crippen molar-refractivity contribution in [2.24, 2.45) is 0 Å². The molecule has 0 saturated heterocycles. The van der Waals surface area contributed by atoms with Gasteiger partial charge in [0.2, 0.25) is 0 Å². The Morgan fingerprint density at radius 2 is 1.74 bits per heavy atom. The van der Waals surface area contributed by atoms with Gasteiger partial charge in [0.15, 0.2) is 0 Å². The number of carbonyl (C=O) groups is 2. The van der Waals surface area contributed by atoms with Gasteiger partial charge in [-0.15, -0.1) is 0 Å². The van der Waals surface area contributed by atoms with Crippen LogP contribution in [0, 0.1) is 0 Å². The van der Waals surface area contributed by atoms with Gasteiger partial charge in [-0.1, -0.05) is 24.3 Å². The summed E-state index contributed by atoms with van der Waals surface area (Å²) in [4.78, 5) is 22.7. The summed E-state index contributed by atoms with van der Waals surface area (Å²) in [7, 11) is 0. The highest BCUT2D eigenvalue weighted by Crippen LogP contribution is 2.28. The van der Waals surface area contributed by atoms with E-state index in [-0.39, 0.29) is 6.54 Å². The van der Waals surface area contributed by atoms with Crippen molar-refractivity contribution in [2.75, 3.05) is 13.1 Å². The van der Waals surface area contributed by atoms with Crippen LogP contribution in [0.1, 0.15) is 17.5 Å². The third kappa shape index (κ3) is 4.95. The lowest BCUT2D eigenvalue weighted by Crippen LogP contribution is -2.50. The number of nitrogens with one attached hydrogen (secondary N) is 2. The number of alkyl halides is 3. The highest BCUT2D eigenvalue weighted by Gasteiger charge is 2.33. The number of rotatable bonds is 3. The van der Waals surface area contributed by atoms with Crippen molar-refractivity contribution in [3.8, 4) is 0 Å². The molecule has 0 unspecified atom stereocenters. The van der Waals surface area contributed by atoms with Gasteiger partial charge in [0.05, 0.1) is 5.60 Å². The molecule has 1 atom stereocenters. The molecule has 3 N–H and O–H groups in total. The molecule has 23 heavy (non-hydrogen) atoms. The van der Waals surface area contributed by atoms with Crippen molar-refractivity contribution >= 4 is 11.8 Å².